The SMILES string of the molecule is O=C1C=CC(=O)c2c(O)c(N3CCSCC3)c(Cl)c(O)c21. The van der Waals surface area contributed by atoms with E-state index in [2.05, 4.69) is 0 Å². The van der Waals surface area contributed by atoms with Crippen LogP contribution in [0.5, 0.6) is 11.5 Å². The molecule has 1 aliphatic carbocycles. The van der Waals surface area contributed by atoms with Gasteiger partial charge >= 0.3 is 0 Å². The van der Waals surface area contributed by atoms with E-state index in [9.17, 15) is 19.8 Å². The number of allylic oxidation sites excluding steroid dienone is 2. The minimum atomic E-state index is -0.542. The summed E-state index contributed by atoms with van der Waals surface area (Å²) in [6.45, 7) is 1.29. The third-order valence-corrected chi connectivity index (χ3v) is 4.87. The number of carbonyl (C=O) groups excluding carboxylic acids is 2. The Labute approximate surface area is 130 Å². The van der Waals surface area contributed by atoms with Crippen LogP contribution in [0.2, 0.25) is 5.02 Å². The molecule has 0 radical (unpaired) electrons. The highest BCUT2D eigenvalue weighted by molar-refractivity contribution is 7.99. The van der Waals surface area contributed by atoms with Gasteiger partial charge in [0.15, 0.2) is 17.3 Å². The summed E-state index contributed by atoms with van der Waals surface area (Å²) in [5.41, 5.74) is -0.164. The third-order valence-electron chi connectivity index (χ3n) is 3.57. The van der Waals surface area contributed by atoms with E-state index >= 15 is 0 Å². The van der Waals surface area contributed by atoms with Crippen LogP contribution in [0, 0.1) is 0 Å². The van der Waals surface area contributed by atoms with Crippen molar-refractivity contribution in [1.29, 1.82) is 0 Å². The quantitative estimate of drug-likeness (QED) is 0.771. The number of nitrogens with zero attached hydrogens (tertiary/aromatic N) is 1. The molecule has 0 spiro atoms. The Kier molecular flexibility index (Phi) is 3.59. The number of hydrogen-bond acceptors (Lipinski definition) is 6. The summed E-state index contributed by atoms with van der Waals surface area (Å²) in [6, 6.07) is 0. The van der Waals surface area contributed by atoms with Gasteiger partial charge in [0, 0.05) is 24.6 Å². The van der Waals surface area contributed by atoms with Crippen molar-refractivity contribution in [3.05, 3.63) is 28.3 Å². The first kappa shape index (κ1) is 14.3. The summed E-state index contributed by atoms with van der Waals surface area (Å²) < 4.78 is 0. The Hall–Kier alpha value is -1.66. The molecule has 1 aromatic rings. The number of benzene rings is 1. The average molecular weight is 326 g/mol. The molecule has 1 aromatic carbocycles. The number of aromatic hydroxyl groups is 2. The molecule has 110 valence electrons. The standard InChI is InChI=1S/C14H12ClNO4S/c15-11-12(16-3-5-21-6-4-16)14(20)10-8(18)2-1-7(17)9(10)13(11)19/h1-2,19-20H,3-6H2. The minimum absolute atomic E-state index is 0.0883. The Morgan fingerprint density at radius 1 is 1.00 bits per heavy atom. The average Bonchev–Trinajstić information content (AvgIpc) is 2.48. The number of anilines is 1. The fraction of sp³-hybridized carbons (Fsp3) is 0.286. The molecule has 21 heavy (non-hydrogen) atoms. The van der Waals surface area contributed by atoms with Crippen LogP contribution in [-0.4, -0.2) is 46.4 Å². The van der Waals surface area contributed by atoms with Crippen molar-refractivity contribution in [2.45, 2.75) is 0 Å². The molecule has 1 fully saturated rings. The molecule has 0 atom stereocenters. The van der Waals surface area contributed by atoms with Gasteiger partial charge in [-0.2, -0.15) is 11.8 Å². The highest BCUT2D eigenvalue weighted by atomic mass is 35.5. The lowest BCUT2D eigenvalue weighted by Crippen LogP contribution is -2.33. The molecule has 1 heterocycles. The van der Waals surface area contributed by atoms with Crippen LogP contribution in [-0.2, 0) is 0 Å². The van der Waals surface area contributed by atoms with Crippen LogP contribution in [0.4, 0.5) is 5.69 Å². The van der Waals surface area contributed by atoms with Crippen LogP contribution in [0.25, 0.3) is 0 Å². The smallest absolute Gasteiger partial charge is 0.190 e. The molecular formula is C14H12ClNO4S. The first-order chi connectivity index (χ1) is 10.0. The lowest BCUT2D eigenvalue weighted by molar-refractivity contribution is 0.0989. The molecule has 7 heteroatoms. The number of hydrogen-bond donors (Lipinski definition) is 2. The Balaban J connectivity index is 2.24. The highest BCUT2D eigenvalue weighted by Gasteiger charge is 2.33. The maximum atomic E-state index is 12.0. The second kappa shape index (κ2) is 5.27. The Bertz CT molecular complexity index is 680. The Morgan fingerprint density at radius 2 is 1.52 bits per heavy atom. The number of rotatable bonds is 1. The van der Waals surface area contributed by atoms with Crippen LogP contribution >= 0.6 is 23.4 Å². The van der Waals surface area contributed by atoms with Crippen molar-refractivity contribution in [3.8, 4) is 11.5 Å². The maximum absolute atomic E-state index is 12.0. The largest absolute Gasteiger partial charge is 0.505 e. The lowest BCUT2D eigenvalue weighted by atomic mass is 9.92. The number of halogens is 1. The third kappa shape index (κ3) is 2.18. The van der Waals surface area contributed by atoms with E-state index in [1.54, 1.807) is 11.8 Å². The van der Waals surface area contributed by atoms with Crippen molar-refractivity contribution in [2.24, 2.45) is 0 Å². The normalized spacial score (nSPS) is 18.0. The van der Waals surface area contributed by atoms with Crippen LogP contribution in [0.1, 0.15) is 20.7 Å². The van der Waals surface area contributed by atoms with Crippen molar-refractivity contribution >= 4 is 40.6 Å². The molecule has 0 aromatic heterocycles. The highest BCUT2D eigenvalue weighted by Crippen LogP contribution is 2.48. The summed E-state index contributed by atoms with van der Waals surface area (Å²) in [5, 5.41) is 20.5. The fourth-order valence-electron chi connectivity index (χ4n) is 2.55. The molecule has 0 unspecified atom stereocenters. The van der Waals surface area contributed by atoms with Crippen molar-refractivity contribution < 1.29 is 19.8 Å². The number of fused-ring (bicyclic) bond motifs is 1. The second-order valence-corrected chi connectivity index (χ2v) is 6.37. The molecule has 2 N–H and O–H groups in total. The van der Waals surface area contributed by atoms with Gasteiger partial charge in [-0.15, -0.1) is 0 Å². The summed E-state index contributed by atoms with van der Waals surface area (Å²) >= 11 is 7.91. The van der Waals surface area contributed by atoms with Crippen LogP contribution in [0.3, 0.4) is 0 Å². The van der Waals surface area contributed by atoms with Gasteiger partial charge in [0.05, 0.1) is 11.1 Å². The van der Waals surface area contributed by atoms with Crippen LogP contribution < -0.4 is 4.90 Å². The zero-order valence-corrected chi connectivity index (χ0v) is 12.5. The number of ketones is 2. The maximum Gasteiger partial charge on any atom is 0.190 e. The van der Waals surface area contributed by atoms with Gasteiger partial charge in [0.25, 0.3) is 0 Å². The zero-order valence-electron chi connectivity index (χ0n) is 10.9. The topological polar surface area (TPSA) is 77.8 Å². The fourth-order valence-corrected chi connectivity index (χ4v) is 3.76. The molecule has 3 rings (SSSR count). The van der Waals surface area contributed by atoms with Gasteiger partial charge in [-0.3, -0.25) is 9.59 Å². The number of carbonyl (C=O) groups is 2. The second-order valence-electron chi connectivity index (χ2n) is 4.77. The predicted molar refractivity (Wildman–Crippen MR) is 82.1 cm³/mol. The van der Waals surface area contributed by atoms with Gasteiger partial charge in [-0.25, -0.2) is 0 Å². The predicted octanol–water partition coefficient (Wildman–Crippen LogP) is 2.24. The van der Waals surface area contributed by atoms with Gasteiger partial charge < -0.3 is 15.1 Å². The molecular weight excluding hydrogens is 314 g/mol. The van der Waals surface area contributed by atoms with Gasteiger partial charge in [0.2, 0.25) is 0 Å². The Morgan fingerprint density at radius 3 is 2.10 bits per heavy atom. The molecule has 0 bridgehead atoms. The lowest BCUT2D eigenvalue weighted by Gasteiger charge is -2.31. The van der Waals surface area contributed by atoms with E-state index < -0.39 is 17.3 Å². The molecule has 0 amide bonds. The van der Waals surface area contributed by atoms with E-state index in [4.69, 9.17) is 11.6 Å². The first-order valence-electron chi connectivity index (χ1n) is 6.39. The monoisotopic (exact) mass is 325 g/mol. The van der Waals surface area contributed by atoms with Gasteiger partial charge in [0.1, 0.15) is 16.5 Å². The first-order valence-corrected chi connectivity index (χ1v) is 7.92. The molecule has 2 aliphatic rings. The number of phenols is 2. The summed E-state index contributed by atoms with van der Waals surface area (Å²) in [4.78, 5) is 25.7. The van der Waals surface area contributed by atoms with E-state index in [1.807, 2.05) is 4.90 Å². The van der Waals surface area contributed by atoms with E-state index in [-0.39, 0.29) is 27.6 Å². The molecule has 0 saturated carbocycles. The van der Waals surface area contributed by atoms with Crippen LogP contribution in [0.15, 0.2) is 12.2 Å². The van der Waals surface area contributed by atoms with Crippen molar-refractivity contribution in [2.75, 3.05) is 29.5 Å². The molecule has 5 nitrogen and oxygen atoms in total. The zero-order chi connectivity index (χ0) is 15.1. The van der Waals surface area contributed by atoms with E-state index in [1.165, 1.54) is 0 Å². The molecule has 1 saturated heterocycles. The summed E-state index contributed by atoms with van der Waals surface area (Å²) in [5.74, 6) is -0.106. The molecule has 1 aliphatic heterocycles. The van der Waals surface area contributed by atoms with E-state index in [0.717, 1.165) is 23.7 Å². The number of thioether (sulfide) groups is 1. The van der Waals surface area contributed by atoms with E-state index in [0.29, 0.717) is 13.1 Å². The summed E-state index contributed by atoms with van der Waals surface area (Å²) in [6.07, 6.45) is 2.16. The van der Waals surface area contributed by atoms with Crippen molar-refractivity contribution in [1.82, 2.24) is 0 Å². The minimum Gasteiger partial charge on any atom is -0.505 e. The number of phenolic OH excluding ortho intramolecular Hbond substituents is 2. The van der Waals surface area contributed by atoms with Gasteiger partial charge in [-0.05, 0) is 12.2 Å². The van der Waals surface area contributed by atoms with Crippen molar-refractivity contribution in [3.63, 3.8) is 0 Å². The summed E-state index contributed by atoms with van der Waals surface area (Å²) in [7, 11) is 0. The van der Waals surface area contributed by atoms with Gasteiger partial charge in [-0.1, -0.05) is 11.6 Å².